The zero-order valence-corrected chi connectivity index (χ0v) is 13.2. The van der Waals surface area contributed by atoms with Crippen LogP contribution in [0.1, 0.15) is 15.9 Å². The van der Waals surface area contributed by atoms with Gasteiger partial charge in [-0.2, -0.15) is 5.10 Å². The van der Waals surface area contributed by atoms with E-state index in [2.05, 4.69) is 15.8 Å². The average molecular weight is 360 g/mol. The molecule has 0 aliphatic heterocycles. The molecule has 2 aromatic rings. The lowest BCUT2D eigenvalue weighted by atomic mass is 10.2. The van der Waals surface area contributed by atoms with Crippen LogP contribution >= 0.6 is 0 Å². The van der Waals surface area contributed by atoms with E-state index in [0.29, 0.717) is 0 Å². The fourth-order valence-corrected chi connectivity index (χ4v) is 1.85. The minimum Gasteiger partial charge on any atom is -0.502 e. The molecule has 0 aromatic heterocycles. The van der Waals surface area contributed by atoms with Crippen molar-refractivity contribution in [3.8, 4) is 5.75 Å². The number of carbonyl (C=O) groups excluding carboxylic acids is 2. The molecular formula is C16H13FN4O5. The third kappa shape index (κ3) is 5.09. The van der Waals surface area contributed by atoms with E-state index in [4.69, 9.17) is 0 Å². The molecule has 9 nitrogen and oxygen atoms in total. The number of phenolic OH excluding ortho intramolecular Hbond substituents is 1. The van der Waals surface area contributed by atoms with Crippen molar-refractivity contribution in [1.29, 1.82) is 0 Å². The summed E-state index contributed by atoms with van der Waals surface area (Å²) in [5.74, 6) is -2.16. The number of benzene rings is 2. The number of aromatic hydroxyl groups is 1. The van der Waals surface area contributed by atoms with Gasteiger partial charge in [0.1, 0.15) is 5.82 Å². The molecule has 134 valence electrons. The highest BCUT2D eigenvalue weighted by molar-refractivity contribution is 5.96. The number of nitro groups is 1. The summed E-state index contributed by atoms with van der Waals surface area (Å²) in [6.07, 6.45) is 1.14. The number of nitrogens with zero attached hydrogens (tertiary/aromatic N) is 2. The largest absolute Gasteiger partial charge is 0.502 e. The molecular weight excluding hydrogens is 347 g/mol. The summed E-state index contributed by atoms with van der Waals surface area (Å²) in [6.45, 7) is -0.372. The predicted octanol–water partition coefficient (Wildman–Crippen LogP) is 1.32. The standard InChI is InChI=1S/C16H13FN4O5/c17-12-4-2-11(3-5-12)16(24)18-9-15(23)20-19-8-10-1-6-14(22)13(7-10)21(25)26/h1-8,22H,9H2,(H,18,24)(H,20,23)/b19-8-. The number of nitrogens with one attached hydrogen (secondary N) is 2. The molecule has 26 heavy (non-hydrogen) atoms. The molecule has 0 saturated heterocycles. The molecule has 0 fully saturated rings. The third-order valence-corrected chi connectivity index (χ3v) is 3.11. The molecule has 0 radical (unpaired) electrons. The topological polar surface area (TPSA) is 134 Å². The highest BCUT2D eigenvalue weighted by atomic mass is 19.1. The summed E-state index contributed by atoms with van der Waals surface area (Å²) in [7, 11) is 0. The minimum atomic E-state index is -0.754. The molecule has 2 rings (SSSR count). The van der Waals surface area contributed by atoms with Gasteiger partial charge in [-0.05, 0) is 36.4 Å². The normalized spacial score (nSPS) is 10.5. The van der Waals surface area contributed by atoms with E-state index in [1.807, 2.05) is 0 Å². The Morgan fingerprint density at radius 3 is 2.58 bits per heavy atom. The second-order valence-electron chi connectivity index (χ2n) is 4.99. The van der Waals surface area contributed by atoms with Crippen molar-refractivity contribution in [2.24, 2.45) is 5.10 Å². The summed E-state index contributed by atoms with van der Waals surface area (Å²) in [5.41, 5.74) is 2.12. The number of hydrogen-bond acceptors (Lipinski definition) is 6. The second-order valence-corrected chi connectivity index (χ2v) is 4.99. The van der Waals surface area contributed by atoms with Crippen LogP contribution in [0.5, 0.6) is 5.75 Å². The van der Waals surface area contributed by atoms with Gasteiger partial charge >= 0.3 is 5.69 Å². The summed E-state index contributed by atoms with van der Waals surface area (Å²) in [5, 5.41) is 26.0. The minimum absolute atomic E-state index is 0.194. The smallest absolute Gasteiger partial charge is 0.311 e. The van der Waals surface area contributed by atoms with Gasteiger partial charge in [0.05, 0.1) is 17.7 Å². The Morgan fingerprint density at radius 1 is 1.23 bits per heavy atom. The average Bonchev–Trinajstić information content (AvgIpc) is 2.61. The van der Waals surface area contributed by atoms with Crippen LogP contribution in [0.25, 0.3) is 0 Å². The molecule has 0 saturated carbocycles. The van der Waals surface area contributed by atoms with Crippen LogP contribution in [-0.4, -0.2) is 34.6 Å². The van der Waals surface area contributed by atoms with Gasteiger partial charge in [-0.1, -0.05) is 0 Å². The molecule has 10 heteroatoms. The first kappa shape index (κ1) is 18.5. The van der Waals surface area contributed by atoms with Crippen LogP contribution in [0, 0.1) is 15.9 Å². The van der Waals surface area contributed by atoms with Gasteiger partial charge < -0.3 is 10.4 Å². The maximum absolute atomic E-state index is 12.8. The Hall–Kier alpha value is -3.82. The number of nitro benzene ring substituents is 1. The van der Waals surface area contributed by atoms with Crippen LogP contribution < -0.4 is 10.7 Å². The van der Waals surface area contributed by atoms with Gasteiger partial charge in [-0.25, -0.2) is 9.82 Å². The van der Waals surface area contributed by atoms with Crippen molar-refractivity contribution < 1.29 is 24.0 Å². The quantitative estimate of drug-likeness (QED) is 0.406. The summed E-state index contributed by atoms with van der Waals surface area (Å²) >= 11 is 0. The van der Waals surface area contributed by atoms with Gasteiger partial charge in [0.25, 0.3) is 11.8 Å². The van der Waals surface area contributed by atoms with E-state index >= 15 is 0 Å². The van der Waals surface area contributed by atoms with Crippen molar-refractivity contribution >= 4 is 23.7 Å². The fourth-order valence-electron chi connectivity index (χ4n) is 1.85. The summed E-state index contributed by atoms with van der Waals surface area (Å²) in [6, 6.07) is 8.38. The van der Waals surface area contributed by atoms with Gasteiger partial charge in [-0.15, -0.1) is 0 Å². The number of hydrazone groups is 1. The van der Waals surface area contributed by atoms with E-state index in [1.54, 1.807) is 0 Å². The maximum atomic E-state index is 12.8. The third-order valence-electron chi connectivity index (χ3n) is 3.11. The number of amides is 2. The molecule has 0 unspecified atom stereocenters. The number of halogens is 1. The lowest BCUT2D eigenvalue weighted by Crippen LogP contribution is -2.34. The van der Waals surface area contributed by atoms with E-state index in [1.165, 1.54) is 18.2 Å². The van der Waals surface area contributed by atoms with Crippen molar-refractivity contribution in [2.75, 3.05) is 6.54 Å². The molecule has 0 bridgehead atoms. The Balaban J connectivity index is 1.85. The predicted molar refractivity (Wildman–Crippen MR) is 89.2 cm³/mol. The van der Waals surface area contributed by atoms with Crippen LogP contribution in [0.3, 0.4) is 0 Å². The van der Waals surface area contributed by atoms with E-state index in [-0.39, 0.29) is 17.7 Å². The lowest BCUT2D eigenvalue weighted by molar-refractivity contribution is -0.385. The monoisotopic (exact) mass is 360 g/mol. The molecule has 0 atom stereocenters. The van der Waals surface area contributed by atoms with Crippen LogP contribution in [0.4, 0.5) is 10.1 Å². The Morgan fingerprint density at radius 2 is 1.92 bits per heavy atom. The first-order chi connectivity index (χ1) is 12.4. The fraction of sp³-hybridized carbons (Fsp3) is 0.0625. The molecule has 0 aliphatic rings. The zero-order valence-electron chi connectivity index (χ0n) is 13.2. The zero-order chi connectivity index (χ0) is 19.1. The number of rotatable bonds is 6. The molecule has 0 spiro atoms. The van der Waals surface area contributed by atoms with Crippen molar-refractivity contribution in [3.63, 3.8) is 0 Å². The number of carbonyl (C=O) groups is 2. The first-order valence-electron chi connectivity index (χ1n) is 7.20. The van der Waals surface area contributed by atoms with Gasteiger partial charge in [-0.3, -0.25) is 19.7 Å². The Labute approximate surface area is 146 Å². The van der Waals surface area contributed by atoms with E-state index < -0.39 is 34.0 Å². The summed E-state index contributed by atoms with van der Waals surface area (Å²) in [4.78, 5) is 33.3. The van der Waals surface area contributed by atoms with Crippen molar-refractivity contribution in [1.82, 2.24) is 10.7 Å². The molecule has 0 aliphatic carbocycles. The van der Waals surface area contributed by atoms with E-state index in [9.17, 15) is 29.2 Å². The van der Waals surface area contributed by atoms with E-state index in [0.717, 1.165) is 30.5 Å². The molecule has 3 N–H and O–H groups in total. The van der Waals surface area contributed by atoms with Crippen LogP contribution in [0.15, 0.2) is 47.6 Å². The summed E-state index contributed by atoms with van der Waals surface area (Å²) < 4.78 is 12.8. The molecule has 0 heterocycles. The van der Waals surface area contributed by atoms with Crippen molar-refractivity contribution in [2.45, 2.75) is 0 Å². The Kier molecular flexibility index (Phi) is 5.93. The van der Waals surface area contributed by atoms with Gasteiger partial charge in [0.2, 0.25) is 0 Å². The number of phenols is 1. The maximum Gasteiger partial charge on any atom is 0.311 e. The highest BCUT2D eigenvalue weighted by Crippen LogP contribution is 2.25. The Bertz CT molecular complexity index is 867. The SMILES string of the molecule is O=C(CNC(=O)c1ccc(F)cc1)N/N=C\c1ccc(O)c([N+](=O)[O-])c1. The lowest BCUT2D eigenvalue weighted by Gasteiger charge is -2.04. The van der Waals surface area contributed by atoms with Crippen LogP contribution in [0.2, 0.25) is 0 Å². The second kappa shape index (κ2) is 8.33. The van der Waals surface area contributed by atoms with Crippen LogP contribution in [-0.2, 0) is 4.79 Å². The van der Waals surface area contributed by atoms with Gasteiger partial charge in [0.15, 0.2) is 5.75 Å². The molecule has 2 amide bonds. The number of hydrogen-bond donors (Lipinski definition) is 3. The molecule has 2 aromatic carbocycles. The van der Waals surface area contributed by atoms with Crippen molar-refractivity contribution in [3.05, 3.63) is 69.5 Å². The van der Waals surface area contributed by atoms with Gasteiger partial charge in [0, 0.05) is 17.2 Å². The first-order valence-corrected chi connectivity index (χ1v) is 7.20. The highest BCUT2D eigenvalue weighted by Gasteiger charge is 2.13.